The van der Waals surface area contributed by atoms with E-state index in [1.165, 1.54) is 0 Å². The van der Waals surface area contributed by atoms with E-state index < -0.39 is 0 Å². The molecule has 0 heterocycles. The minimum atomic E-state index is 0.466. The van der Waals surface area contributed by atoms with Crippen molar-refractivity contribution in [1.29, 1.82) is 5.41 Å². The molecule has 2 aromatic rings. The van der Waals surface area contributed by atoms with Gasteiger partial charge in [0.05, 0.1) is 5.71 Å². The van der Waals surface area contributed by atoms with Crippen molar-refractivity contribution >= 4 is 11.4 Å². The van der Waals surface area contributed by atoms with Gasteiger partial charge in [-0.3, -0.25) is 5.41 Å². The van der Waals surface area contributed by atoms with Crippen LogP contribution >= 0.6 is 0 Å². The Labute approximate surface area is 103 Å². The van der Waals surface area contributed by atoms with E-state index in [0.29, 0.717) is 11.4 Å². The van der Waals surface area contributed by atoms with Crippen molar-refractivity contribution < 1.29 is 0 Å². The van der Waals surface area contributed by atoms with Crippen molar-refractivity contribution in [3.8, 4) is 0 Å². The Hall–Kier alpha value is -2.09. The summed E-state index contributed by atoms with van der Waals surface area (Å²) in [7, 11) is 0. The lowest BCUT2D eigenvalue weighted by Crippen LogP contribution is -2.04. The van der Waals surface area contributed by atoms with Crippen LogP contribution in [-0.4, -0.2) is 5.71 Å². The third-order valence-electron chi connectivity index (χ3n) is 2.29. The highest BCUT2D eigenvalue weighted by molar-refractivity contribution is 6.13. The molecule has 0 amide bonds. The van der Waals surface area contributed by atoms with Crippen molar-refractivity contribution in [3.05, 3.63) is 65.7 Å². The molecule has 3 N–H and O–H groups in total. The van der Waals surface area contributed by atoms with E-state index in [9.17, 15) is 0 Å². The Morgan fingerprint density at radius 3 is 2.00 bits per heavy atom. The Morgan fingerprint density at radius 2 is 1.41 bits per heavy atom. The van der Waals surface area contributed by atoms with E-state index in [1.54, 1.807) is 0 Å². The lowest BCUT2D eigenvalue weighted by molar-refractivity contribution is 1.46. The summed E-state index contributed by atoms with van der Waals surface area (Å²) in [5.41, 5.74) is 8.59. The second-order valence-corrected chi connectivity index (χ2v) is 3.33. The van der Waals surface area contributed by atoms with Gasteiger partial charge in [0.2, 0.25) is 0 Å². The lowest BCUT2D eigenvalue weighted by atomic mass is 10.0. The summed E-state index contributed by atoms with van der Waals surface area (Å²) in [4.78, 5) is 0. The van der Waals surface area contributed by atoms with Gasteiger partial charge in [0.25, 0.3) is 0 Å². The van der Waals surface area contributed by atoms with E-state index >= 15 is 0 Å². The van der Waals surface area contributed by atoms with Crippen LogP contribution in [0.2, 0.25) is 0 Å². The second kappa shape index (κ2) is 6.48. The molecule has 2 heteroatoms. The molecule has 17 heavy (non-hydrogen) atoms. The van der Waals surface area contributed by atoms with E-state index in [1.807, 2.05) is 68.4 Å². The zero-order chi connectivity index (χ0) is 12.7. The smallest absolute Gasteiger partial charge is 0.0705 e. The van der Waals surface area contributed by atoms with E-state index in [-0.39, 0.29) is 0 Å². The number of nitrogens with one attached hydrogen (secondary N) is 1. The van der Waals surface area contributed by atoms with Crippen molar-refractivity contribution in [3.63, 3.8) is 0 Å². The molecular weight excluding hydrogens is 208 g/mol. The van der Waals surface area contributed by atoms with Crippen molar-refractivity contribution in [2.24, 2.45) is 0 Å². The summed E-state index contributed by atoms with van der Waals surface area (Å²) < 4.78 is 0. The molecule has 0 spiro atoms. The number of rotatable bonds is 2. The Balaban J connectivity index is 0.000000686. The fourth-order valence-corrected chi connectivity index (χ4v) is 1.49. The molecule has 0 saturated heterocycles. The van der Waals surface area contributed by atoms with Crippen LogP contribution in [0.3, 0.4) is 0 Å². The normalized spacial score (nSPS) is 9.06. The number of hydrogen-bond acceptors (Lipinski definition) is 2. The van der Waals surface area contributed by atoms with Crippen LogP contribution in [0, 0.1) is 5.41 Å². The van der Waals surface area contributed by atoms with Gasteiger partial charge in [-0.2, -0.15) is 0 Å². The number of nitrogen functional groups attached to an aromatic ring is 1. The SMILES string of the molecule is CC.N=C(c1ccccc1)c1ccccc1N. The van der Waals surface area contributed by atoms with Crippen LogP contribution in [0.5, 0.6) is 0 Å². The van der Waals surface area contributed by atoms with Crippen LogP contribution in [0.4, 0.5) is 5.69 Å². The molecule has 0 saturated carbocycles. The first-order valence-corrected chi connectivity index (χ1v) is 5.78. The summed E-state index contributed by atoms with van der Waals surface area (Å²) in [5.74, 6) is 0. The largest absolute Gasteiger partial charge is 0.398 e. The van der Waals surface area contributed by atoms with Gasteiger partial charge in [-0.15, -0.1) is 0 Å². The summed E-state index contributed by atoms with van der Waals surface area (Å²) in [5, 5.41) is 8.03. The molecular formula is C15H18N2. The number of nitrogens with two attached hydrogens (primary N) is 1. The van der Waals surface area contributed by atoms with Crippen LogP contribution in [-0.2, 0) is 0 Å². The molecule has 0 unspecified atom stereocenters. The quantitative estimate of drug-likeness (QED) is 0.595. The fraction of sp³-hybridized carbons (Fsp3) is 0.133. The van der Waals surface area contributed by atoms with Crippen LogP contribution in [0.25, 0.3) is 0 Å². The summed E-state index contributed by atoms with van der Waals surface area (Å²) in [6.07, 6.45) is 0. The van der Waals surface area contributed by atoms with E-state index in [4.69, 9.17) is 11.1 Å². The zero-order valence-electron chi connectivity index (χ0n) is 10.3. The fourth-order valence-electron chi connectivity index (χ4n) is 1.49. The summed E-state index contributed by atoms with van der Waals surface area (Å²) >= 11 is 0. The maximum atomic E-state index is 8.03. The highest BCUT2D eigenvalue weighted by atomic mass is 14.6. The van der Waals surface area contributed by atoms with Gasteiger partial charge in [0.15, 0.2) is 0 Å². The molecule has 0 aromatic heterocycles. The maximum Gasteiger partial charge on any atom is 0.0705 e. The zero-order valence-corrected chi connectivity index (χ0v) is 10.3. The average molecular weight is 226 g/mol. The summed E-state index contributed by atoms with van der Waals surface area (Å²) in [6, 6.07) is 17.0. The molecule has 0 atom stereocenters. The van der Waals surface area contributed by atoms with Crippen molar-refractivity contribution in [1.82, 2.24) is 0 Å². The second-order valence-electron chi connectivity index (χ2n) is 3.33. The first-order chi connectivity index (χ1) is 8.29. The van der Waals surface area contributed by atoms with Crippen molar-refractivity contribution in [2.75, 3.05) is 5.73 Å². The Bertz CT molecular complexity index is 475. The third-order valence-corrected chi connectivity index (χ3v) is 2.29. The van der Waals surface area contributed by atoms with E-state index in [2.05, 4.69) is 0 Å². The van der Waals surface area contributed by atoms with E-state index in [0.717, 1.165) is 11.1 Å². The van der Waals surface area contributed by atoms with Gasteiger partial charge in [-0.1, -0.05) is 62.4 Å². The minimum absolute atomic E-state index is 0.466. The molecule has 0 fully saturated rings. The molecule has 0 radical (unpaired) electrons. The number of benzene rings is 2. The first-order valence-electron chi connectivity index (χ1n) is 5.78. The van der Waals surface area contributed by atoms with Gasteiger partial charge >= 0.3 is 0 Å². The van der Waals surface area contributed by atoms with Gasteiger partial charge in [0.1, 0.15) is 0 Å². The minimum Gasteiger partial charge on any atom is -0.398 e. The maximum absolute atomic E-state index is 8.03. The monoisotopic (exact) mass is 226 g/mol. The molecule has 2 aromatic carbocycles. The standard InChI is InChI=1S/C13H12N2.C2H6/c14-12-9-5-4-8-11(12)13(15)10-6-2-1-3-7-10;1-2/h1-9,15H,14H2;1-2H3. The Kier molecular flexibility index (Phi) is 4.95. The van der Waals surface area contributed by atoms with Gasteiger partial charge < -0.3 is 5.73 Å². The van der Waals surface area contributed by atoms with Gasteiger partial charge in [-0.25, -0.2) is 0 Å². The lowest BCUT2D eigenvalue weighted by Gasteiger charge is -2.06. The van der Waals surface area contributed by atoms with Crippen LogP contribution in [0.1, 0.15) is 25.0 Å². The van der Waals surface area contributed by atoms with Crippen LogP contribution < -0.4 is 5.73 Å². The highest BCUT2D eigenvalue weighted by Gasteiger charge is 2.06. The molecule has 0 bridgehead atoms. The molecule has 88 valence electrons. The predicted octanol–water partition coefficient (Wildman–Crippen LogP) is 3.71. The van der Waals surface area contributed by atoms with Crippen molar-refractivity contribution in [2.45, 2.75) is 13.8 Å². The number of anilines is 1. The predicted molar refractivity (Wildman–Crippen MR) is 74.6 cm³/mol. The molecule has 2 rings (SSSR count). The highest BCUT2D eigenvalue weighted by Crippen LogP contribution is 2.15. The summed E-state index contributed by atoms with van der Waals surface area (Å²) in [6.45, 7) is 4.00. The van der Waals surface area contributed by atoms with Gasteiger partial charge in [0, 0.05) is 16.8 Å². The number of hydrogen-bond donors (Lipinski definition) is 2. The first kappa shape index (κ1) is 13.0. The average Bonchev–Trinajstić information content (AvgIpc) is 2.42. The third kappa shape index (κ3) is 3.18. The number of para-hydroxylation sites is 1. The van der Waals surface area contributed by atoms with Crippen LogP contribution in [0.15, 0.2) is 54.6 Å². The Morgan fingerprint density at radius 1 is 0.882 bits per heavy atom. The molecule has 0 aliphatic heterocycles. The molecule has 2 nitrogen and oxygen atoms in total. The molecule has 0 aliphatic carbocycles. The topological polar surface area (TPSA) is 49.9 Å². The molecule has 0 aliphatic rings. The van der Waals surface area contributed by atoms with Gasteiger partial charge in [-0.05, 0) is 6.07 Å².